The number of anilines is 1. The molecule has 0 saturated carbocycles. The lowest BCUT2D eigenvalue weighted by Gasteiger charge is -2.28. The van der Waals surface area contributed by atoms with Crippen LogP contribution in [0.15, 0.2) is 59.2 Å². The zero-order valence-electron chi connectivity index (χ0n) is 15.3. The number of ether oxygens (including phenoxy) is 1. The van der Waals surface area contributed by atoms with Crippen molar-refractivity contribution in [2.75, 3.05) is 19.0 Å². The van der Waals surface area contributed by atoms with E-state index in [2.05, 4.69) is 10.3 Å². The van der Waals surface area contributed by atoms with E-state index >= 15 is 0 Å². The topological polar surface area (TPSA) is 84.7 Å². The van der Waals surface area contributed by atoms with Crippen LogP contribution in [0.1, 0.15) is 32.0 Å². The Bertz CT molecular complexity index is 1010. The van der Waals surface area contributed by atoms with E-state index in [1.54, 1.807) is 36.3 Å². The van der Waals surface area contributed by atoms with Crippen LogP contribution in [0.2, 0.25) is 0 Å². The molecular formula is C21H19N3O4. The van der Waals surface area contributed by atoms with Crippen molar-refractivity contribution < 1.29 is 18.7 Å². The van der Waals surface area contributed by atoms with Crippen molar-refractivity contribution in [1.29, 1.82) is 0 Å². The lowest BCUT2D eigenvalue weighted by molar-refractivity contribution is 0.0728. The van der Waals surface area contributed by atoms with Gasteiger partial charge in [-0.25, -0.2) is 0 Å². The summed E-state index contributed by atoms with van der Waals surface area (Å²) in [7, 11) is 1.64. The van der Waals surface area contributed by atoms with Gasteiger partial charge in [0.05, 0.1) is 7.11 Å². The molecule has 1 aromatic heterocycles. The molecule has 0 fully saturated rings. The maximum absolute atomic E-state index is 12.8. The molecule has 0 spiro atoms. The number of amides is 2. The average molecular weight is 377 g/mol. The number of rotatable bonds is 4. The molecule has 0 atom stereocenters. The van der Waals surface area contributed by atoms with Gasteiger partial charge in [0.25, 0.3) is 11.8 Å². The number of carbonyl (C=O) groups excluding carboxylic acids is 2. The van der Waals surface area contributed by atoms with Gasteiger partial charge in [-0.3, -0.25) is 14.9 Å². The molecule has 7 nitrogen and oxygen atoms in total. The Balaban J connectivity index is 1.44. The number of hydrogen-bond acceptors (Lipinski definition) is 5. The van der Waals surface area contributed by atoms with Gasteiger partial charge in [-0.05, 0) is 41.8 Å². The van der Waals surface area contributed by atoms with Crippen LogP contribution in [0.25, 0.3) is 0 Å². The minimum absolute atomic E-state index is 0.000603. The molecule has 1 aliphatic heterocycles. The van der Waals surface area contributed by atoms with Gasteiger partial charge >= 0.3 is 6.01 Å². The van der Waals surface area contributed by atoms with Crippen LogP contribution in [-0.2, 0) is 13.0 Å². The fourth-order valence-electron chi connectivity index (χ4n) is 3.18. The van der Waals surface area contributed by atoms with Crippen molar-refractivity contribution in [2.24, 2.45) is 0 Å². The SMILES string of the molecule is COc1ccc2c(c1)CCN(C(=O)c1coc(NC(=O)c3ccccc3)n1)C2. The van der Waals surface area contributed by atoms with Crippen molar-refractivity contribution in [1.82, 2.24) is 9.88 Å². The summed E-state index contributed by atoms with van der Waals surface area (Å²) in [6.45, 7) is 1.08. The minimum Gasteiger partial charge on any atom is -0.497 e. The van der Waals surface area contributed by atoms with Gasteiger partial charge in [-0.2, -0.15) is 4.98 Å². The first-order valence-electron chi connectivity index (χ1n) is 8.91. The van der Waals surface area contributed by atoms with Crippen LogP contribution in [0.3, 0.4) is 0 Å². The number of nitrogens with zero attached hydrogens (tertiary/aromatic N) is 2. The summed E-state index contributed by atoms with van der Waals surface area (Å²) in [6.07, 6.45) is 2.01. The van der Waals surface area contributed by atoms with Gasteiger partial charge in [-0.15, -0.1) is 0 Å². The summed E-state index contributed by atoms with van der Waals surface area (Å²) in [4.78, 5) is 30.8. The van der Waals surface area contributed by atoms with Gasteiger partial charge in [0, 0.05) is 18.7 Å². The highest BCUT2D eigenvalue weighted by Gasteiger charge is 2.25. The summed E-state index contributed by atoms with van der Waals surface area (Å²) < 4.78 is 10.5. The second kappa shape index (κ2) is 7.56. The van der Waals surface area contributed by atoms with Crippen molar-refractivity contribution in [3.8, 4) is 5.75 Å². The number of fused-ring (bicyclic) bond motifs is 1. The Morgan fingerprint density at radius 3 is 2.75 bits per heavy atom. The van der Waals surface area contributed by atoms with Crippen molar-refractivity contribution >= 4 is 17.8 Å². The van der Waals surface area contributed by atoms with Gasteiger partial charge in [0.2, 0.25) is 0 Å². The monoisotopic (exact) mass is 377 g/mol. The van der Waals surface area contributed by atoms with Crippen molar-refractivity contribution in [2.45, 2.75) is 13.0 Å². The molecule has 3 aromatic rings. The van der Waals surface area contributed by atoms with Crippen LogP contribution < -0.4 is 10.1 Å². The maximum Gasteiger partial charge on any atom is 0.302 e. The van der Waals surface area contributed by atoms with E-state index in [0.29, 0.717) is 18.7 Å². The number of oxazole rings is 1. The van der Waals surface area contributed by atoms with E-state index in [0.717, 1.165) is 17.7 Å². The number of carbonyl (C=O) groups is 2. The molecular weight excluding hydrogens is 358 g/mol. The smallest absolute Gasteiger partial charge is 0.302 e. The third-order valence-electron chi connectivity index (χ3n) is 4.69. The third kappa shape index (κ3) is 3.59. The van der Waals surface area contributed by atoms with E-state index < -0.39 is 0 Å². The Labute approximate surface area is 161 Å². The summed E-state index contributed by atoms with van der Waals surface area (Å²) in [5.74, 6) is 0.238. The molecule has 0 aliphatic carbocycles. The summed E-state index contributed by atoms with van der Waals surface area (Å²) >= 11 is 0. The van der Waals surface area contributed by atoms with Crippen LogP contribution in [0, 0.1) is 0 Å². The lowest BCUT2D eigenvalue weighted by atomic mass is 9.99. The highest BCUT2D eigenvalue weighted by atomic mass is 16.5. The molecule has 0 saturated heterocycles. The largest absolute Gasteiger partial charge is 0.497 e. The summed E-state index contributed by atoms with van der Waals surface area (Å²) in [5, 5.41) is 2.56. The second-order valence-electron chi connectivity index (χ2n) is 6.47. The van der Waals surface area contributed by atoms with Crippen molar-refractivity contribution in [3.63, 3.8) is 0 Å². The first-order chi connectivity index (χ1) is 13.6. The number of nitrogens with one attached hydrogen (secondary N) is 1. The van der Waals surface area contributed by atoms with E-state index in [1.807, 2.05) is 24.3 Å². The second-order valence-corrected chi connectivity index (χ2v) is 6.47. The molecule has 2 amide bonds. The number of benzene rings is 2. The first-order valence-corrected chi connectivity index (χ1v) is 8.91. The average Bonchev–Trinajstić information content (AvgIpc) is 3.21. The van der Waals surface area contributed by atoms with Crippen LogP contribution in [0.5, 0.6) is 5.75 Å². The maximum atomic E-state index is 12.8. The highest BCUT2D eigenvalue weighted by molar-refractivity contribution is 6.03. The quantitative estimate of drug-likeness (QED) is 0.755. The molecule has 0 bridgehead atoms. The molecule has 142 valence electrons. The Morgan fingerprint density at radius 1 is 1.14 bits per heavy atom. The minimum atomic E-state index is -0.345. The molecule has 0 unspecified atom stereocenters. The zero-order valence-corrected chi connectivity index (χ0v) is 15.3. The number of hydrogen-bond donors (Lipinski definition) is 1. The molecule has 28 heavy (non-hydrogen) atoms. The van der Waals surface area contributed by atoms with Gasteiger partial charge in [-0.1, -0.05) is 24.3 Å². The van der Waals surface area contributed by atoms with Gasteiger partial charge in [0.1, 0.15) is 12.0 Å². The Kier molecular flexibility index (Phi) is 4.80. The predicted molar refractivity (Wildman–Crippen MR) is 102 cm³/mol. The third-order valence-corrected chi connectivity index (χ3v) is 4.69. The molecule has 2 heterocycles. The highest BCUT2D eigenvalue weighted by Crippen LogP contribution is 2.25. The van der Waals surface area contributed by atoms with E-state index in [9.17, 15) is 9.59 Å². The lowest BCUT2D eigenvalue weighted by Crippen LogP contribution is -2.36. The summed E-state index contributed by atoms with van der Waals surface area (Å²) in [6, 6.07) is 14.6. The first kappa shape index (κ1) is 17.8. The van der Waals surface area contributed by atoms with Crippen LogP contribution >= 0.6 is 0 Å². The van der Waals surface area contributed by atoms with Crippen LogP contribution in [-0.4, -0.2) is 35.4 Å². The normalized spacial score (nSPS) is 13.0. The Morgan fingerprint density at radius 2 is 1.96 bits per heavy atom. The predicted octanol–water partition coefficient (Wildman–Crippen LogP) is 3.13. The molecule has 1 N–H and O–H groups in total. The van der Waals surface area contributed by atoms with E-state index in [4.69, 9.17) is 9.15 Å². The van der Waals surface area contributed by atoms with Crippen LogP contribution in [0.4, 0.5) is 6.01 Å². The molecule has 4 rings (SSSR count). The Hall–Kier alpha value is -3.61. The van der Waals surface area contributed by atoms with Gasteiger partial charge < -0.3 is 14.1 Å². The number of aromatic nitrogens is 1. The van der Waals surface area contributed by atoms with Gasteiger partial charge in [0.15, 0.2) is 5.69 Å². The van der Waals surface area contributed by atoms with Crippen molar-refractivity contribution in [3.05, 3.63) is 77.2 Å². The summed E-state index contributed by atoms with van der Waals surface area (Å²) in [5.41, 5.74) is 2.91. The molecule has 2 aromatic carbocycles. The molecule has 1 aliphatic rings. The standard InChI is InChI=1S/C21H19N3O4/c1-27-17-8-7-16-12-24(10-9-15(16)11-17)20(26)18-13-28-21(22-18)23-19(25)14-5-3-2-4-6-14/h2-8,11,13H,9-10,12H2,1H3,(H,22,23,25). The van der Waals surface area contributed by atoms with E-state index in [-0.39, 0.29) is 23.5 Å². The van der Waals surface area contributed by atoms with E-state index in [1.165, 1.54) is 11.8 Å². The fraction of sp³-hybridized carbons (Fsp3) is 0.190. The zero-order chi connectivity index (χ0) is 19.5. The molecule has 7 heteroatoms. The fourth-order valence-corrected chi connectivity index (χ4v) is 3.18. The number of methoxy groups -OCH3 is 1. The molecule has 0 radical (unpaired) electrons.